The summed E-state index contributed by atoms with van der Waals surface area (Å²) in [6.45, 7) is 1.45. The number of carbonyl (C=O) groups is 1. The molecule has 0 spiro atoms. The van der Waals surface area contributed by atoms with Crippen molar-refractivity contribution in [3.8, 4) is 0 Å². The summed E-state index contributed by atoms with van der Waals surface area (Å²) in [5, 5.41) is 0. The van der Waals surface area contributed by atoms with Crippen LogP contribution in [0.15, 0.2) is 42.5 Å². The smallest absolute Gasteiger partial charge is 0.196 e. The number of rotatable bonds is 2. The van der Waals surface area contributed by atoms with E-state index in [1.165, 1.54) is 6.92 Å². The van der Waals surface area contributed by atoms with E-state index >= 15 is 0 Å². The highest BCUT2D eigenvalue weighted by atomic mass is 19.1. The van der Waals surface area contributed by atoms with Gasteiger partial charge in [-0.2, -0.15) is 0 Å². The number of hydrogen-bond donors (Lipinski definition) is 0. The fraction of sp³-hybridized carbons (Fsp3) is 0.0714. The summed E-state index contributed by atoms with van der Waals surface area (Å²) in [4.78, 5) is 11.9. The predicted molar refractivity (Wildman–Crippen MR) is 61.0 cm³/mol. The molecule has 0 saturated carbocycles. The Morgan fingerprint density at radius 1 is 1.00 bits per heavy atom. The first-order valence-corrected chi connectivity index (χ1v) is 5.15. The normalized spacial score (nSPS) is 10.3. The van der Waals surface area contributed by atoms with Gasteiger partial charge in [0.2, 0.25) is 0 Å². The van der Waals surface area contributed by atoms with Crippen molar-refractivity contribution in [2.24, 2.45) is 0 Å². The van der Waals surface area contributed by atoms with Crippen molar-refractivity contribution in [2.75, 3.05) is 0 Å². The van der Waals surface area contributed by atoms with E-state index in [-0.39, 0.29) is 11.1 Å². The molecule has 86 valence electrons. The minimum atomic E-state index is -0.697. The van der Waals surface area contributed by atoms with Crippen molar-refractivity contribution in [1.29, 1.82) is 0 Å². The molecule has 0 aliphatic heterocycles. The summed E-state index contributed by atoms with van der Waals surface area (Å²) in [7, 11) is 0. The van der Waals surface area contributed by atoms with Crippen LogP contribution in [0.1, 0.15) is 21.5 Å². The molecule has 0 saturated heterocycles. The van der Waals surface area contributed by atoms with E-state index in [9.17, 15) is 13.6 Å². The van der Waals surface area contributed by atoms with E-state index in [1.807, 2.05) is 0 Å². The first-order chi connectivity index (χ1) is 8.09. The van der Waals surface area contributed by atoms with Crippen molar-refractivity contribution >= 4 is 5.78 Å². The molecule has 0 unspecified atom stereocenters. The van der Waals surface area contributed by atoms with Crippen LogP contribution < -0.4 is 0 Å². The molecule has 0 aliphatic carbocycles. The van der Waals surface area contributed by atoms with Crippen LogP contribution in [-0.4, -0.2) is 5.78 Å². The standard InChI is InChI=1S/C14H10F2O/c1-9-7-13(16)11(8-12(9)15)14(17)10-5-3-2-4-6-10/h2-8H,1H3. The lowest BCUT2D eigenvalue weighted by atomic mass is 10.0. The average molecular weight is 232 g/mol. The second-order valence-corrected chi connectivity index (χ2v) is 3.78. The van der Waals surface area contributed by atoms with Gasteiger partial charge in [-0.3, -0.25) is 4.79 Å². The molecular formula is C14H10F2O. The van der Waals surface area contributed by atoms with Gasteiger partial charge in [0.25, 0.3) is 0 Å². The first-order valence-electron chi connectivity index (χ1n) is 5.15. The fourth-order valence-corrected chi connectivity index (χ4v) is 1.57. The Morgan fingerprint density at radius 2 is 1.65 bits per heavy atom. The number of benzene rings is 2. The summed E-state index contributed by atoms with van der Waals surface area (Å²) >= 11 is 0. The van der Waals surface area contributed by atoms with Crippen molar-refractivity contribution in [2.45, 2.75) is 6.92 Å². The Kier molecular flexibility index (Phi) is 3.00. The molecule has 0 amide bonds. The second kappa shape index (κ2) is 4.45. The summed E-state index contributed by atoms with van der Waals surface area (Å²) in [5.74, 6) is -1.79. The maximum absolute atomic E-state index is 13.6. The Labute approximate surface area is 97.7 Å². The minimum absolute atomic E-state index is 0.187. The molecular weight excluding hydrogens is 222 g/mol. The third-order valence-electron chi connectivity index (χ3n) is 2.53. The van der Waals surface area contributed by atoms with Crippen molar-refractivity contribution in [3.63, 3.8) is 0 Å². The van der Waals surface area contributed by atoms with Crippen molar-refractivity contribution < 1.29 is 13.6 Å². The maximum Gasteiger partial charge on any atom is 0.196 e. The van der Waals surface area contributed by atoms with Gasteiger partial charge in [0.15, 0.2) is 5.78 Å². The van der Waals surface area contributed by atoms with Gasteiger partial charge in [-0.05, 0) is 24.6 Å². The Hall–Kier alpha value is -2.03. The Balaban J connectivity index is 2.48. The number of carbonyl (C=O) groups excluding carboxylic acids is 1. The molecule has 2 aromatic rings. The highest BCUT2D eigenvalue weighted by Crippen LogP contribution is 2.17. The zero-order chi connectivity index (χ0) is 12.4. The van der Waals surface area contributed by atoms with Crippen LogP contribution in [0.4, 0.5) is 8.78 Å². The minimum Gasteiger partial charge on any atom is -0.288 e. The van der Waals surface area contributed by atoms with E-state index in [2.05, 4.69) is 0 Å². The van der Waals surface area contributed by atoms with Crippen LogP contribution in [0, 0.1) is 18.6 Å². The second-order valence-electron chi connectivity index (χ2n) is 3.78. The lowest BCUT2D eigenvalue weighted by Gasteiger charge is -2.04. The summed E-state index contributed by atoms with van der Waals surface area (Å²) in [6.07, 6.45) is 0. The molecule has 0 atom stereocenters. The molecule has 0 aliphatic rings. The highest BCUT2D eigenvalue weighted by Gasteiger charge is 2.15. The summed E-state index contributed by atoms with van der Waals surface area (Å²) in [6, 6.07) is 10.2. The predicted octanol–water partition coefficient (Wildman–Crippen LogP) is 3.50. The van der Waals surface area contributed by atoms with Gasteiger partial charge in [0.05, 0.1) is 5.56 Å². The third kappa shape index (κ3) is 2.23. The molecule has 17 heavy (non-hydrogen) atoms. The maximum atomic E-state index is 13.6. The van der Waals surface area contributed by atoms with E-state index in [0.29, 0.717) is 5.56 Å². The summed E-state index contributed by atoms with van der Waals surface area (Å²) in [5.41, 5.74) is 0.293. The number of aryl methyl sites for hydroxylation is 1. The Morgan fingerprint density at radius 3 is 2.29 bits per heavy atom. The molecule has 0 aromatic heterocycles. The lowest BCUT2D eigenvalue weighted by molar-refractivity contribution is 0.103. The van der Waals surface area contributed by atoms with Crippen LogP contribution in [-0.2, 0) is 0 Å². The number of hydrogen-bond acceptors (Lipinski definition) is 1. The molecule has 1 nitrogen and oxygen atoms in total. The first kappa shape index (κ1) is 11.5. The van der Waals surface area contributed by atoms with Crippen LogP contribution in [0.2, 0.25) is 0 Å². The monoisotopic (exact) mass is 232 g/mol. The molecule has 0 bridgehead atoms. The molecule has 0 N–H and O–H groups in total. The molecule has 0 heterocycles. The fourth-order valence-electron chi connectivity index (χ4n) is 1.57. The zero-order valence-electron chi connectivity index (χ0n) is 9.21. The van der Waals surface area contributed by atoms with Gasteiger partial charge in [0.1, 0.15) is 11.6 Å². The zero-order valence-corrected chi connectivity index (χ0v) is 9.21. The molecule has 3 heteroatoms. The Bertz CT molecular complexity index is 562. The lowest BCUT2D eigenvalue weighted by Crippen LogP contribution is -2.05. The molecule has 0 radical (unpaired) electrons. The highest BCUT2D eigenvalue weighted by molar-refractivity contribution is 6.09. The van der Waals surface area contributed by atoms with Gasteiger partial charge in [-0.25, -0.2) is 8.78 Å². The summed E-state index contributed by atoms with van der Waals surface area (Å²) < 4.78 is 26.9. The molecule has 2 rings (SSSR count). The molecule has 0 fully saturated rings. The van der Waals surface area contributed by atoms with Gasteiger partial charge in [0, 0.05) is 5.56 Å². The largest absolute Gasteiger partial charge is 0.288 e. The van der Waals surface area contributed by atoms with E-state index in [1.54, 1.807) is 30.3 Å². The van der Waals surface area contributed by atoms with Crippen LogP contribution in [0.5, 0.6) is 0 Å². The van der Waals surface area contributed by atoms with Crippen molar-refractivity contribution in [3.05, 3.63) is 70.8 Å². The van der Waals surface area contributed by atoms with Gasteiger partial charge in [-0.15, -0.1) is 0 Å². The number of halogens is 2. The van der Waals surface area contributed by atoms with Gasteiger partial charge >= 0.3 is 0 Å². The average Bonchev–Trinajstić information content (AvgIpc) is 2.34. The van der Waals surface area contributed by atoms with Crippen LogP contribution in [0.3, 0.4) is 0 Å². The van der Waals surface area contributed by atoms with E-state index in [4.69, 9.17) is 0 Å². The number of ketones is 1. The third-order valence-corrected chi connectivity index (χ3v) is 2.53. The SMILES string of the molecule is Cc1cc(F)c(C(=O)c2ccccc2)cc1F. The van der Waals surface area contributed by atoms with Crippen LogP contribution in [0.25, 0.3) is 0 Å². The van der Waals surface area contributed by atoms with Crippen LogP contribution >= 0.6 is 0 Å². The van der Waals surface area contributed by atoms with E-state index < -0.39 is 17.4 Å². The topological polar surface area (TPSA) is 17.1 Å². The quantitative estimate of drug-likeness (QED) is 0.724. The van der Waals surface area contributed by atoms with Crippen molar-refractivity contribution in [1.82, 2.24) is 0 Å². The molecule has 2 aromatic carbocycles. The van der Waals surface area contributed by atoms with Gasteiger partial charge in [-0.1, -0.05) is 30.3 Å². The van der Waals surface area contributed by atoms with Gasteiger partial charge < -0.3 is 0 Å². The van der Waals surface area contributed by atoms with E-state index in [0.717, 1.165) is 12.1 Å².